The number of hydrogen-bond donors (Lipinski definition) is 0. The largest absolute Gasteiger partial charge is 0.125 e. The Morgan fingerprint density at radius 3 is 2.63 bits per heavy atom. The fourth-order valence-corrected chi connectivity index (χ4v) is 4.22. The van der Waals surface area contributed by atoms with Gasteiger partial charge in [0, 0.05) is 10.6 Å². The summed E-state index contributed by atoms with van der Waals surface area (Å²) in [6, 6.07) is 19.2. The lowest BCUT2D eigenvalue weighted by molar-refractivity contribution is 0.631. The minimum atomic E-state index is 0.138. The van der Waals surface area contributed by atoms with E-state index < -0.39 is 0 Å². The molecular formula is C17H17ClS. The molecule has 2 atom stereocenters. The van der Waals surface area contributed by atoms with Crippen molar-refractivity contribution in [1.82, 2.24) is 0 Å². The van der Waals surface area contributed by atoms with E-state index in [4.69, 9.17) is 11.6 Å². The molecule has 19 heavy (non-hydrogen) atoms. The van der Waals surface area contributed by atoms with Gasteiger partial charge in [-0.2, -0.15) is 0 Å². The Labute approximate surface area is 124 Å². The lowest BCUT2D eigenvalue weighted by Crippen LogP contribution is -1.99. The van der Waals surface area contributed by atoms with Crippen molar-refractivity contribution in [2.45, 2.75) is 29.0 Å². The van der Waals surface area contributed by atoms with E-state index in [-0.39, 0.29) is 5.38 Å². The summed E-state index contributed by atoms with van der Waals surface area (Å²) in [5.74, 6) is 1.88. The summed E-state index contributed by atoms with van der Waals surface area (Å²) in [6.45, 7) is 0. The fourth-order valence-electron chi connectivity index (χ4n) is 2.64. The van der Waals surface area contributed by atoms with Crippen LogP contribution in [-0.2, 0) is 0 Å². The van der Waals surface area contributed by atoms with E-state index in [1.807, 2.05) is 17.8 Å². The highest BCUT2D eigenvalue weighted by Gasteiger charge is 2.23. The Balaban J connectivity index is 1.62. The van der Waals surface area contributed by atoms with Crippen LogP contribution in [0.3, 0.4) is 0 Å². The van der Waals surface area contributed by atoms with Gasteiger partial charge in [0.15, 0.2) is 0 Å². The number of hydrogen-bond acceptors (Lipinski definition) is 1. The zero-order valence-electron chi connectivity index (χ0n) is 10.8. The minimum absolute atomic E-state index is 0.138. The van der Waals surface area contributed by atoms with E-state index in [0.29, 0.717) is 5.92 Å². The van der Waals surface area contributed by atoms with E-state index in [9.17, 15) is 0 Å². The molecule has 0 aromatic heterocycles. The summed E-state index contributed by atoms with van der Waals surface area (Å²) >= 11 is 8.49. The third kappa shape index (κ3) is 2.98. The maximum atomic E-state index is 6.50. The maximum Gasteiger partial charge on any atom is 0.0585 e. The first-order valence-electron chi connectivity index (χ1n) is 6.75. The minimum Gasteiger partial charge on any atom is -0.125 e. The molecule has 3 rings (SSSR count). The van der Waals surface area contributed by atoms with E-state index in [0.717, 1.165) is 6.42 Å². The van der Waals surface area contributed by atoms with Crippen molar-refractivity contribution >= 4 is 23.4 Å². The molecule has 0 N–H and O–H groups in total. The zero-order chi connectivity index (χ0) is 13.1. The molecule has 1 aliphatic heterocycles. The molecule has 2 aromatic rings. The fraction of sp³-hybridized carbons (Fsp3) is 0.294. The summed E-state index contributed by atoms with van der Waals surface area (Å²) in [4.78, 5) is 1.46. The number of thioether (sulfide) groups is 1. The summed E-state index contributed by atoms with van der Waals surface area (Å²) in [5.41, 5.74) is 2.76. The van der Waals surface area contributed by atoms with Crippen LogP contribution in [0.1, 0.15) is 35.3 Å². The van der Waals surface area contributed by atoms with Crippen LogP contribution in [0.15, 0.2) is 59.5 Å². The van der Waals surface area contributed by atoms with Crippen molar-refractivity contribution < 1.29 is 0 Å². The van der Waals surface area contributed by atoms with Gasteiger partial charge < -0.3 is 0 Å². The van der Waals surface area contributed by atoms with Gasteiger partial charge in [-0.3, -0.25) is 0 Å². The molecule has 2 heteroatoms. The molecule has 1 heterocycles. The van der Waals surface area contributed by atoms with Gasteiger partial charge in [-0.1, -0.05) is 48.5 Å². The predicted octanol–water partition coefficient (Wildman–Crippen LogP) is 5.64. The molecule has 0 saturated heterocycles. The quantitative estimate of drug-likeness (QED) is 0.656. The molecule has 0 amide bonds. The Bertz CT molecular complexity index is 538. The van der Waals surface area contributed by atoms with Gasteiger partial charge in [0.2, 0.25) is 0 Å². The van der Waals surface area contributed by atoms with Crippen molar-refractivity contribution in [3.8, 4) is 0 Å². The van der Waals surface area contributed by atoms with E-state index in [1.165, 1.54) is 28.2 Å². The number of rotatable bonds is 4. The van der Waals surface area contributed by atoms with Crippen LogP contribution < -0.4 is 0 Å². The van der Waals surface area contributed by atoms with Gasteiger partial charge >= 0.3 is 0 Å². The third-order valence-electron chi connectivity index (χ3n) is 3.73. The lowest BCUT2D eigenvalue weighted by atomic mass is 9.94. The first-order chi connectivity index (χ1) is 9.34. The van der Waals surface area contributed by atoms with Crippen LogP contribution in [0.5, 0.6) is 0 Å². The predicted molar refractivity (Wildman–Crippen MR) is 84.2 cm³/mol. The average Bonchev–Trinajstić information content (AvgIpc) is 2.89. The summed E-state index contributed by atoms with van der Waals surface area (Å²) in [7, 11) is 0. The molecular weight excluding hydrogens is 272 g/mol. The van der Waals surface area contributed by atoms with Crippen LogP contribution in [0.25, 0.3) is 0 Å². The summed E-state index contributed by atoms with van der Waals surface area (Å²) < 4.78 is 0. The molecule has 0 saturated carbocycles. The third-order valence-corrected chi connectivity index (χ3v) is 5.45. The molecule has 0 nitrogen and oxygen atoms in total. The molecule has 0 fully saturated rings. The Hall–Kier alpha value is -0.920. The van der Waals surface area contributed by atoms with Gasteiger partial charge in [0.1, 0.15) is 0 Å². The van der Waals surface area contributed by atoms with Crippen molar-refractivity contribution in [1.29, 1.82) is 0 Å². The summed E-state index contributed by atoms with van der Waals surface area (Å²) in [5, 5.41) is 0.138. The Kier molecular flexibility index (Phi) is 4.15. The average molecular weight is 289 g/mol. The number of benzene rings is 2. The van der Waals surface area contributed by atoms with Crippen LogP contribution in [0, 0.1) is 0 Å². The zero-order valence-corrected chi connectivity index (χ0v) is 12.3. The van der Waals surface area contributed by atoms with Gasteiger partial charge in [0.25, 0.3) is 0 Å². The summed E-state index contributed by atoms with van der Waals surface area (Å²) in [6.07, 6.45) is 2.22. The standard InChI is InChI=1S/C17H17ClS/c18-16(13-6-2-1-3-7-13)11-10-14-12-19-17-9-5-4-8-15(14)17/h1-9,14,16H,10-12H2. The Morgan fingerprint density at radius 1 is 1.05 bits per heavy atom. The van der Waals surface area contributed by atoms with Crippen LogP contribution in [0.4, 0.5) is 0 Å². The molecule has 2 unspecified atom stereocenters. The molecule has 0 bridgehead atoms. The van der Waals surface area contributed by atoms with Crippen LogP contribution in [-0.4, -0.2) is 5.75 Å². The van der Waals surface area contributed by atoms with Crippen LogP contribution in [0.2, 0.25) is 0 Å². The maximum absolute atomic E-state index is 6.50. The van der Waals surface area contributed by atoms with Gasteiger partial charge in [-0.05, 0) is 36.0 Å². The highest BCUT2D eigenvalue weighted by atomic mass is 35.5. The van der Waals surface area contributed by atoms with Gasteiger partial charge in [0.05, 0.1) is 5.38 Å². The highest BCUT2D eigenvalue weighted by molar-refractivity contribution is 7.99. The van der Waals surface area contributed by atoms with Crippen molar-refractivity contribution in [3.63, 3.8) is 0 Å². The lowest BCUT2D eigenvalue weighted by Gasteiger charge is -2.14. The second kappa shape index (κ2) is 6.02. The van der Waals surface area contributed by atoms with E-state index in [1.54, 1.807) is 0 Å². The first-order valence-corrected chi connectivity index (χ1v) is 8.17. The molecule has 0 spiro atoms. The second-order valence-corrected chi connectivity index (χ2v) is 6.59. The smallest absolute Gasteiger partial charge is 0.0585 e. The number of alkyl halides is 1. The number of fused-ring (bicyclic) bond motifs is 1. The van der Waals surface area contributed by atoms with Crippen LogP contribution >= 0.6 is 23.4 Å². The Morgan fingerprint density at radius 2 is 1.79 bits per heavy atom. The molecule has 2 aromatic carbocycles. The second-order valence-electron chi connectivity index (χ2n) is 5.00. The molecule has 0 aliphatic carbocycles. The highest BCUT2D eigenvalue weighted by Crippen LogP contribution is 2.43. The van der Waals surface area contributed by atoms with Gasteiger partial charge in [-0.25, -0.2) is 0 Å². The van der Waals surface area contributed by atoms with Crippen molar-refractivity contribution in [2.24, 2.45) is 0 Å². The van der Waals surface area contributed by atoms with Crippen molar-refractivity contribution in [2.75, 3.05) is 5.75 Å². The van der Waals surface area contributed by atoms with E-state index in [2.05, 4.69) is 48.5 Å². The van der Waals surface area contributed by atoms with E-state index >= 15 is 0 Å². The number of halogens is 1. The topological polar surface area (TPSA) is 0 Å². The normalized spacial score (nSPS) is 19.1. The molecule has 1 aliphatic rings. The van der Waals surface area contributed by atoms with Crippen molar-refractivity contribution in [3.05, 3.63) is 65.7 Å². The SMILES string of the molecule is ClC(CCC1CSc2ccccc21)c1ccccc1. The first kappa shape index (κ1) is 13.1. The molecule has 0 radical (unpaired) electrons. The van der Waals surface area contributed by atoms with Gasteiger partial charge in [-0.15, -0.1) is 23.4 Å². The monoisotopic (exact) mass is 288 g/mol. The molecule has 98 valence electrons.